The zero-order valence-electron chi connectivity index (χ0n) is 9.01. The van der Waals surface area contributed by atoms with E-state index in [-0.39, 0.29) is 24.2 Å². The smallest absolute Gasteiger partial charge is 0.321 e. The molecule has 0 bridgehead atoms. The van der Waals surface area contributed by atoms with E-state index < -0.39 is 6.03 Å². The van der Waals surface area contributed by atoms with Gasteiger partial charge in [0, 0.05) is 18.3 Å². The number of thioether (sulfide) groups is 1. The van der Waals surface area contributed by atoms with Crippen molar-refractivity contribution in [2.75, 3.05) is 17.9 Å². The van der Waals surface area contributed by atoms with E-state index >= 15 is 0 Å². The highest BCUT2D eigenvalue weighted by atomic mass is 35.5. The zero-order valence-corrected chi connectivity index (χ0v) is 10.6. The molecule has 0 saturated carbocycles. The monoisotopic (exact) mass is 252 g/mol. The molecule has 0 aromatic heterocycles. The molecule has 0 heterocycles. The first kappa shape index (κ1) is 14.6. The molecule has 0 fully saturated rings. The summed E-state index contributed by atoms with van der Waals surface area (Å²) in [5.74, 6) is 0.859. The van der Waals surface area contributed by atoms with E-state index in [0.29, 0.717) is 0 Å². The summed E-state index contributed by atoms with van der Waals surface area (Å²) in [5, 5.41) is 4.88. The van der Waals surface area contributed by atoms with Crippen LogP contribution in [0, 0.1) is 0 Å². The van der Waals surface area contributed by atoms with Crippen LogP contribution in [0.4, 0.5) is 4.79 Å². The Morgan fingerprint density at radius 1 is 1.47 bits per heavy atom. The molecule has 1 unspecified atom stereocenters. The number of carbonyl (C=O) groups excluding carboxylic acids is 2. The van der Waals surface area contributed by atoms with Gasteiger partial charge >= 0.3 is 6.03 Å². The van der Waals surface area contributed by atoms with Crippen molar-refractivity contribution in [2.45, 2.75) is 25.8 Å². The number of carbonyl (C=O) groups is 2. The number of amides is 3. The average Bonchev–Trinajstić information content (AvgIpc) is 2.14. The van der Waals surface area contributed by atoms with Crippen molar-refractivity contribution in [2.24, 2.45) is 0 Å². The van der Waals surface area contributed by atoms with Crippen LogP contribution in [0.2, 0.25) is 0 Å². The van der Waals surface area contributed by atoms with Gasteiger partial charge in [0.05, 0.1) is 0 Å². The lowest BCUT2D eigenvalue weighted by molar-refractivity contribution is -0.119. The van der Waals surface area contributed by atoms with Crippen LogP contribution in [0.25, 0.3) is 0 Å². The van der Waals surface area contributed by atoms with Gasteiger partial charge in [0.25, 0.3) is 0 Å². The first-order valence-electron chi connectivity index (χ1n) is 4.75. The zero-order chi connectivity index (χ0) is 11.7. The van der Waals surface area contributed by atoms with Gasteiger partial charge in [-0.25, -0.2) is 4.79 Å². The number of hydrogen-bond acceptors (Lipinski definition) is 3. The van der Waals surface area contributed by atoms with E-state index in [0.717, 1.165) is 12.2 Å². The Balaban J connectivity index is 3.68. The predicted octanol–water partition coefficient (Wildman–Crippen LogP) is 1.58. The number of halogens is 1. The van der Waals surface area contributed by atoms with Gasteiger partial charge in [0.15, 0.2) is 0 Å². The maximum absolute atomic E-state index is 11.2. The Labute approximate surface area is 99.5 Å². The minimum absolute atomic E-state index is 0.0706. The molecule has 4 nitrogen and oxygen atoms in total. The van der Waals surface area contributed by atoms with E-state index in [9.17, 15) is 9.59 Å². The quantitative estimate of drug-likeness (QED) is 0.706. The van der Waals surface area contributed by atoms with Gasteiger partial charge in [0.2, 0.25) is 5.91 Å². The van der Waals surface area contributed by atoms with Crippen LogP contribution in [-0.4, -0.2) is 35.9 Å². The van der Waals surface area contributed by atoms with Crippen molar-refractivity contribution in [1.29, 1.82) is 0 Å². The molecule has 0 saturated heterocycles. The molecular formula is C9H17ClN2O2S. The largest absolute Gasteiger partial charge is 0.335 e. The van der Waals surface area contributed by atoms with Crippen molar-refractivity contribution < 1.29 is 9.59 Å². The normalized spacial score (nSPS) is 11.9. The summed E-state index contributed by atoms with van der Waals surface area (Å²) >= 11 is 7.08. The van der Waals surface area contributed by atoms with Crippen LogP contribution in [0.15, 0.2) is 0 Å². The number of urea groups is 1. The molecule has 0 aliphatic rings. The Bertz CT molecular complexity index is 214. The fourth-order valence-corrected chi connectivity index (χ4v) is 1.66. The molecule has 0 aliphatic heterocycles. The van der Waals surface area contributed by atoms with Crippen LogP contribution >= 0.6 is 23.4 Å². The average molecular weight is 253 g/mol. The highest BCUT2D eigenvalue weighted by molar-refractivity contribution is 7.98. The van der Waals surface area contributed by atoms with Crippen LogP contribution in [0.1, 0.15) is 19.8 Å². The van der Waals surface area contributed by atoms with E-state index in [1.807, 2.05) is 13.2 Å². The number of alkyl halides is 1. The third-order valence-electron chi connectivity index (χ3n) is 1.71. The molecule has 0 rings (SSSR count). The lowest BCUT2D eigenvalue weighted by Crippen LogP contribution is -2.43. The number of nitrogens with one attached hydrogen (secondary N) is 2. The summed E-state index contributed by atoms with van der Waals surface area (Å²) in [4.78, 5) is 22.2. The molecule has 0 aromatic carbocycles. The van der Waals surface area contributed by atoms with E-state index in [1.54, 1.807) is 11.8 Å². The molecule has 1 atom stereocenters. The van der Waals surface area contributed by atoms with E-state index in [1.165, 1.54) is 0 Å². The Morgan fingerprint density at radius 2 is 2.13 bits per heavy atom. The summed E-state index contributed by atoms with van der Waals surface area (Å²) < 4.78 is 0. The van der Waals surface area contributed by atoms with E-state index in [2.05, 4.69) is 10.6 Å². The highest BCUT2D eigenvalue weighted by Crippen LogP contribution is 1.99. The first-order chi connectivity index (χ1) is 7.10. The molecule has 15 heavy (non-hydrogen) atoms. The Kier molecular flexibility index (Phi) is 8.61. The maximum atomic E-state index is 11.2. The van der Waals surface area contributed by atoms with Crippen LogP contribution < -0.4 is 10.6 Å². The van der Waals surface area contributed by atoms with Crippen molar-refractivity contribution in [3.63, 3.8) is 0 Å². The van der Waals surface area contributed by atoms with Gasteiger partial charge in [0.1, 0.15) is 0 Å². The third-order valence-corrected chi connectivity index (χ3v) is 2.54. The molecule has 0 radical (unpaired) electrons. The van der Waals surface area contributed by atoms with Crippen molar-refractivity contribution in [3.8, 4) is 0 Å². The maximum Gasteiger partial charge on any atom is 0.321 e. The second kappa shape index (κ2) is 8.85. The van der Waals surface area contributed by atoms with Gasteiger partial charge < -0.3 is 5.32 Å². The molecule has 0 spiro atoms. The van der Waals surface area contributed by atoms with E-state index in [4.69, 9.17) is 11.6 Å². The number of imide groups is 1. The lowest BCUT2D eigenvalue weighted by Gasteiger charge is -2.13. The van der Waals surface area contributed by atoms with Gasteiger partial charge in [-0.3, -0.25) is 10.1 Å². The third kappa shape index (κ3) is 8.57. The van der Waals surface area contributed by atoms with Crippen LogP contribution in [0.3, 0.4) is 0 Å². The van der Waals surface area contributed by atoms with Gasteiger partial charge in [-0.1, -0.05) is 0 Å². The Hall–Kier alpha value is -0.420. The van der Waals surface area contributed by atoms with Gasteiger partial charge in [-0.15, -0.1) is 11.6 Å². The second-order valence-electron chi connectivity index (χ2n) is 3.14. The number of rotatable bonds is 6. The molecule has 0 aliphatic carbocycles. The summed E-state index contributed by atoms with van der Waals surface area (Å²) in [6, 6.07) is -0.375. The first-order valence-corrected chi connectivity index (χ1v) is 6.68. The summed E-state index contributed by atoms with van der Waals surface area (Å²) in [6.45, 7) is 1.90. The Morgan fingerprint density at radius 3 is 2.67 bits per heavy atom. The van der Waals surface area contributed by atoms with Gasteiger partial charge in [-0.2, -0.15) is 11.8 Å². The van der Waals surface area contributed by atoms with Gasteiger partial charge in [-0.05, 0) is 25.4 Å². The van der Waals surface area contributed by atoms with Crippen LogP contribution in [0.5, 0.6) is 0 Å². The number of hydrogen-bond donors (Lipinski definition) is 2. The minimum atomic E-state index is -0.446. The molecule has 3 amide bonds. The van der Waals surface area contributed by atoms with Crippen molar-refractivity contribution in [3.05, 3.63) is 0 Å². The second-order valence-corrected chi connectivity index (χ2v) is 4.51. The summed E-state index contributed by atoms with van der Waals surface area (Å²) in [7, 11) is 0. The highest BCUT2D eigenvalue weighted by Gasteiger charge is 2.09. The summed E-state index contributed by atoms with van der Waals surface area (Å²) in [6.07, 6.45) is 3.06. The van der Waals surface area contributed by atoms with Crippen LogP contribution in [-0.2, 0) is 4.79 Å². The molecular weight excluding hydrogens is 236 g/mol. The molecule has 0 aromatic rings. The fourth-order valence-electron chi connectivity index (χ4n) is 0.902. The predicted molar refractivity (Wildman–Crippen MR) is 64.5 cm³/mol. The molecule has 2 N–H and O–H groups in total. The fraction of sp³-hybridized carbons (Fsp3) is 0.778. The van der Waals surface area contributed by atoms with Crippen molar-refractivity contribution >= 4 is 35.3 Å². The molecule has 6 heteroatoms. The lowest BCUT2D eigenvalue weighted by atomic mass is 10.3. The topological polar surface area (TPSA) is 58.2 Å². The van der Waals surface area contributed by atoms with Crippen molar-refractivity contribution in [1.82, 2.24) is 10.6 Å². The minimum Gasteiger partial charge on any atom is -0.335 e. The summed E-state index contributed by atoms with van der Waals surface area (Å²) in [5.41, 5.74) is 0. The molecule has 88 valence electrons. The SMILES string of the molecule is CSCCC(C)NC(=O)NC(=O)CCCl. The standard InChI is InChI=1S/C9H17ClN2O2S/c1-7(4-6-15-2)11-9(14)12-8(13)3-5-10/h7H,3-6H2,1-2H3,(H2,11,12,13,14).